The maximum Gasteiger partial charge on any atom is 0.281 e. The third-order valence-electron chi connectivity index (χ3n) is 5.43. The van der Waals surface area contributed by atoms with Crippen molar-refractivity contribution in [1.29, 1.82) is 0 Å². The van der Waals surface area contributed by atoms with Crippen molar-refractivity contribution in [3.05, 3.63) is 118 Å². The Morgan fingerprint density at radius 2 is 1.65 bits per heavy atom. The van der Waals surface area contributed by atoms with Gasteiger partial charge < -0.3 is 19.6 Å². The number of para-hydroxylation sites is 1. The van der Waals surface area contributed by atoms with Crippen LogP contribution in [0.5, 0.6) is 5.75 Å². The Kier molecular flexibility index (Phi) is 9.32. The number of aryl methyl sites for hydroxylation is 1. The first kappa shape index (κ1) is 26.9. The number of nitrogens with one attached hydrogen (secondary N) is 1. The fourth-order valence-corrected chi connectivity index (χ4v) is 3.55. The first-order chi connectivity index (χ1) is 17.5. The van der Waals surface area contributed by atoms with Crippen LogP contribution in [-0.2, 0) is 17.6 Å². The summed E-state index contributed by atoms with van der Waals surface area (Å²) in [7, 11) is 0. The molecule has 0 saturated carbocycles. The van der Waals surface area contributed by atoms with E-state index in [4.69, 9.17) is 9.15 Å². The van der Waals surface area contributed by atoms with Crippen molar-refractivity contribution in [2.24, 2.45) is 5.18 Å². The number of amides is 1. The van der Waals surface area contributed by atoms with E-state index < -0.39 is 17.4 Å². The predicted octanol–water partition coefficient (Wildman–Crippen LogP) is 6.62. The van der Waals surface area contributed by atoms with Gasteiger partial charge in [-0.25, -0.2) is 4.98 Å². The number of allylic oxidation sites excluding steroid dienone is 1. The first-order valence-corrected chi connectivity index (χ1v) is 11.4. The lowest BCUT2D eigenvalue weighted by Crippen LogP contribution is -2.15. The summed E-state index contributed by atoms with van der Waals surface area (Å²) in [5.74, 6) is 0.796. The lowest BCUT2D eigenvalue weighted by Gasteiger charge is -2.08. The molecular formula is C29H29N3O5. The van der Waals surface area contributed by atoms with Gasteiger partial charge in [0, 0.05) is 24.1 Å². The Morgan fingerprint density at radius 3 is 2.30 bits per heavy atom. The molecule has 8 heteroatoms. The summed E-state index contributed by atoms with van der Waals surface area (Å²) >= 11 is 0. The highest BCUT2D eigenvalue weighted by Crippen LogP contribution is 2.22. The van der Waals surface area contributed by atoms with Gasteiger partial charge in [-0.3, -0.25) is 4.79 Å². The van der Waals surface area contributed by atoms with E-state index >= 15 is 0 Å². The van der Waals surface area contributed by atoms with Crippen LogP contribution in [0.15, 0.2) is 106 Å². The average Bonchev–Trinajstić information content (AvgIpc) is 3.27. The van der Waals surface area contributed by atoms with Crippen LogP contribution in [0.3, 0.4) is 0 Å². The smallest absolute Gasteiger partial charge is 0.281 e. The minimum Gasteiger partial charge on any atom is -0.509 e. The zero-order chi connectivity index (χ0) is 25.3. The number of carbonyl (C=O) groups is 1. The van der Waals surface area contributed by atoms with Crippen LogP contribution in [0.4, 0.5) is 5.69 Å². The molecule has 37 heavy (non-hydrogen) atoms. The lowest BCUT2D eigenvalue weighted by atomic mass is 10.1. The molecule has 0 atom stereocenters. The monoisotopic (exact) mass is 499 g/mol. The summed E-state index contributed by atoms with van der Waals surface area (Å²) in [5.41, 5.74) is 2.38. The third kappa shape index (κ3) is 7.14. The number of benzene rings is 3. The van der Waals surface area contributed by atoms with Crippen molar-refractivity contribution in [2.45, 2.75) is 27.2 Å². The Bertz CT molecular complexity index is 1350. The number of hydrogen-bond donors (Lipinski definition) is 2. The number of hydrogen-bond acceptors (Lipinski definition) is 7. The second-order valence-corrected chi connectivity index (χ2v) is 8.01. The van der Waals surface area contributed by atoms with Crippen molar-refractivity contribution in [3.8, 4) is 17.2 Å². The first-order valence-electron chi connectivity index (χ1n) is 11.4. The van der Waals surface area contributed by atoms with Crippen molar-refractivity contribution in [1.82, 2.24) is 4.98 Å². The number of oxazole rings is 1. The number of ether oxygens (including phenoxy) is 1. The van der Waals surface area contributed by atoms with Crippen molar-refractivity contribution < 1.29 is 19.1 Å². The lowest BCUT2D eigenvalue weighted by molar-refractivity contribution is -0.113. The van der Waals surface area contributed by atoms with Crippen molar-refractivity contribution in [2.75, 3.05) is 11.9 Å². The number of carbonyl (C=O) groups excluding carboxylic acids is 1. The van der Waals surface area contributed by atoms with Crippen molar-refractivity contribution >= 4 is 11.6 Å². The maximum atomic E-state index is 12.3. The molecule has 0 fully saturated rings. The van der Waals surface area contributed by atoms with Crippen LogP contribution in [0.25, 0.3) is 11.5 Å². The molecule has 0 aliphatic heterocycles. The molecule has 190 valence electrons. The molecule has 0 radical (unpaired) electrons. The van der Waals surface area contributed by atoms with Gasteiger partial charge in [-0.15, -0.1) is 4.91 Å². The summed E-state index contributed by atoms with van der Waals surface area (Å²) in [4.78, 5) is 28.1. The largest absolute Gasteiger partial charge is 0.509 e. The van der Waals surface area contributed by atoms with E-state index in [1.54, 1.807) is 54.6 Å². The topological polar surface area (TPSA) is 114 Å². The van der Waals surface area contributed by atoms with Gasteiger partial charge in [0.1, 0.15) is 17.3 Å². The number of nitrogens with zero attached hydrogens (tertiary/aromatic N) is 2. The summed E-state index contributed by atoms with van der Waals surface area (Å²) in [6, 6.07) is 25.3. The Hall–Kier alpha value is -4.72. The summed E-state index contributed by atoms with van der Waals surface area (Å²) in [6.45, 7) is 2.29. The Morgan fingerprint density at radius 1 is 1.00 bits per heavy atom. The number of aromatic nitrogens is 1. The van der Waals surface area contributed by atoms with E-state index in [1.165, 1.54) is 0 Å². The maximum absolute atomic E-state index is 12.3. The number of aliphatic hydroxyl groups is 1. The molecule has 1 aromatic heterocycles. The van der Waals surface area contributed by atoms with E-state index in [9.17, 15) is 14.8 Å². The fraction of sp³-hybridized carbons (Fsp3) is 0.172. The van der Waals surface area contributed by atoms with Crippen LogP contribution < -0.4 is 10.1 Å². The second-order valence-electron chi connectivity index (χ2n) is 8.01. The molecule has 1 amide bonds. The molecule has 1 heterocycles. The van der Waals surface area contributed by atoms with Crippen LogP contribution >= 0.6 is 0 Å². The van der Waals surface area contributed by atoms with E-state index in [0.29, 0.717) is 35.9 Å². The molecule has 4 rings (SSSR count). The predicted molar refractivity (Wildman–Crippen MR) is 143 cm³/mol. The number of anilines is 1. The molecule has 0 unspecified atom stereocenters. The molecule has 0 saturated heterocycles. The van der Waals surface area contributed by atoms with Gasteiger partial charge in [0.15, 0.2) is 0 Å². The van der Waals surface area contributed by atoms with Gasteiger partial charge in [-0.1, -0.05) is 56.0 Å². The van der Waals surface area contributed by atoms with Gasteiger partial charge in [-0.05, 0) is 54.1 Å². The van der Waals surface area contributed by atoms with E-state index in [1.807, 2.05) is 37.3 Å². The van der Waals surface area contributed by atoms with E-state index in [2.05, 4.69) is 15.5 Å². The molecular weight excluding hydrogens is 470 g/mol. The van der Waals surface area contributed by atoms with Crippen molar-refractivity contribution in [3.63, 3.8) is 0 Å². The molecule has 0 aliphatic rings. The highest BCUT2D eigenvalue weighted by Gasteiger charge is 2.17. The SMILES string of the molecule is C.Cc1oc(-c2ccccc2)nc1CCOc1ccc(CC(O)=C(N=O)C(=O)Nc2ccccc2)cc1. The Balaban J connectivity index is 0.00000380. The fourth-order valence-electron chi connectivity index (χ4n) is 3.55. The number of nitroso groups, excluding NO2 is 1. The summed E-state index contributed by atoms with van der Waals surface area (Å²) in [5, 5.41) is 15.6. The molecule has 0 bridgehead atoms. The zero-order valence-electron chi connectivity index (χ0n) is 19.7. The number of rotatable bonds is 10. The molecule has 4 aromatic rings. The van der Waals surface area contributed by atoms with Gasteiger partial charge in [0.25, 0.3) is 5.91 Å². The van der Waals surface area contributed by atoms with E-state index in [0.717, 1.165) is 17.0 Å². The van der Waals surface area contributed by atoms with Crippen LogP contribution in [-0.4, -0.2) is 22.6 Å². The molecule has 2 N–H and O–H groups in total. The molecule has 0 spiro atoms. The molecule has 0 aliphatic carbocycles. The van der Waals surface area contributed by atoms with Crippen LogP contribution in [0.1, 0.15) is 24.4 Å². The summed E-state index contributed by atoms with van der Waals surface area (Å²) < 4.78 is 11.6. The van der Waals surface area contributed by atoms with Gasteiger partial charge in [-0.2, -0.15) is 0 Å². The molecule has 8 nitrogen and oxygen atoms in total. The number of aliphatic hydroxyl groups excluding tert-OH is 1. The van der Waals surface area contributed by atoms with Gasteiger partial charge in [0.2, 0.25) is 11.6 Å². The normalized spacial score (nSPS) is 11.2. The zero-order valence-corrected chi connectivity index (χ0v) is 19.7. The van der Waals surface area contributed by atoms with E-state index in [-0.39, 0.29) is 13.8 Å². The minimum absolute atomic E-state index is 0. The highest BCUT2D eigenvalue weighted by atomic mass is 16.5. The highest BCUT2D eigenvalue weighted by molar-refractivity contribution is 6.03. The quantitative estimate of drug-likeness (QED) is 0.144. The Labute approximate surface area is 215 Å². The standard InChI is InChI=1S/C28H25N3O5.CH4/c1-19-24(30-28(36-19)21-8-4-2-5-9-21)16-17-35-23-14-12-20(13-15-23)18-25(32)26(31-34)27(33)29-22-10-6-3-7-11-22;/h2-15,32H,16-18H2,1H3,(H,29,33);1H4. The summed E-state index contributed by atoms with van der Waals surface area (Å²) in [6.07, 6.45) is 0.558. The minimum atomic E-state index is -0.771. The third-order valence-corrected chi connectivity index (χ3v) is 5.43. The van der Waals surface area contributed by atoms with Crippen LogP contribution in [0, 0.1) is 11.8 Å². The van der Waals surface area contributed by atoms with Gasteiger partial charge >= 0.3 is 0 Å². The average molecular weight is 500 g/mol. The second kappa shape index (κ2) is 12.8. The van der Waals surface area contributed by atoms with Gasteiger partial charge in [0.05, 0.1) is 12.3 Å². The molecule has 3 aromatic carbocycles. The van der Waals surface area contributed by atoms with Crippen LogP contribution in [0.2, 0.25) is 0 Å².